The average molecular weight is 248 g/mol. The number of nitrogens with one attached hydrogen (secondary N) is 1. The first kappa shape index (κ1) is 12.9. The summed E-state index contributed by atoms with van der Waals surface area (Å²) in [7, 11) is 4.15. The van der Waals surface area contributed by atoms with Crippen LogP contribution < -0.4 is 5.32 Å². The summed E-state index contributed by atoms with van der Waals surface area (Å²) >= 11 is 0. The lowest BCUT2D eigenvalue weighted by atomic mass is 10.0. The summed E-state index contributed by atoms with van der Waals surface area (Å²) in [6.45, 7) is 1.08. The summed E-state index contributed by atoms with van der Waals surface area (Å²) < 4.78 is 0. The van der Waals surface area contributed by atoms with Gasteiger partial charge in [-0.05, 0) is 50.7 Å². The van der Waals surface area contributed by atoms with Crippen LogP contribution in [0.25, 0.3) is 0 Å². The van der Waals surface area contributed by atoms with E-state index in [1.807, 2.05) is 6.07 Å². The van der Waals surface area contributed by atoms with Crippen LogP contribution in [0.3, 0.4) is 0 Å². The maximum absolute atomic E-state index is 10.9. The van der Waals surface area contributed by atoms with Crippen molar-refractivity contribution in [2.24, 2.45) is 0 Å². The van der Waals surface area contributed by atoms with Gasteiger partial charge >= 0.3 is 5.97 Å². The third kappa shape index (κ3) is 3.01. The van der Waals surface area contributed by atoms with E-state index in [1.165, 1.54) is 5.56 Å². The van der Waals surface area contributed by atoms with Gasteiger partial charge in [0.15, 0.2) is 0 Å². The number of aliphatic carboxylic acids is 1. The van der Waals surface area contributed by atoms with Gasteiger partial charge < -0.3 is 15.3 Å². The zero-order valence-corrected chi connectivity index (χ0v) is 10.9. The Morgan fingerprint density at radius 1 is 1.50 bits per heavy atom. The quantitative estimate of drug-likeness (QED) is 0.831. The molecule has 0 saturated carbocycles. The van der Waals surface area contributed by atoms with Crippen molar-refractivity contribution in [3.63, 3.8) is 0 Å². The van der Waals surface area contributed by atoms with Gasteiger partial charge in [-0.1, -0.05) is 12.1 Å². The lowest BCUT2D eigenvalue weighted by Gasteiger charge is -2.09. The summed E-state index contributed by atoms with van der Waals surface area (Å²) in [5.41, 5.74) is 3.40. The van der Waals surface area contributed by atoms with Crippen molar-refractivity contribution in [1.82, 2.24) is 4.90 Å². The normalized spacial score (nSPS) is 17.6. The number of carboxylic acid groups (broad SMARTS) is 1. The highest BCUT2D eigenvalue weighted by atomic mass is 16.4. The molecule has 1 atom stereocenters. The number of benzene rings is 1. The van der Waals surface area contributed by atoms with Crippen molar-refractivity contribution in [3.8, 4) is 0 Å². The van der Waals surface area contributed by atoms with Crippen molar-refractivity contribution in [2.75, 3.05) is 26.0 Å². The number of hydrogen-bond acceptors (Lipinski definition) is 3. The fourth-order valence-electron chi connectivity index (χ4n) is 2.32. The van der Waals surface area contributed by atoms with Crippen molar-refractivity contribution in [3.05, 3.63) is 29.3 Å². The molecule has 0 radical (unpaired) electrons. The van der Waals surface area contributed by atoms with Gasteiger partial charge in [0.25, 0.3) is 0 Å². The van der Waals surface area contributed by atoms with E-state index in [4.69, 9.17) is 5.11 Å². The Balaban J connectivity index is 1.97. The second kappa shape index (κ2) is 5.40. The molecule has 4 nitrogen and oxygen atoms in total. The predicted octanol–water partition coefficient (Wildman–Crippen LogP) is 1.60. The third-order valence-electron chi connectivity index (χ3n) is 3.29. The molecule has 98 valence electrons. The van der Waals surface area contributed by atoms with Crippen LogP contribution in [0.1, 0.15) is 17.5 Å². The van der Waals surface area contributed by atoms with Crippen LogP contribution in [0, 0.1) is 0 Å². The van der Waals surface area contributed by atoms with Crippen LogP contribution in [-0.2, 0) is 17.6 Å². The number of hydrogen-bond donors (Lipinski definition) is 2. The Kier molecular flexibility index (Phi) is 3.87. The van der Waals surface area contributed by atoms with Gasteiger partial charge in [-0.3, -0.25) is 0 Å². The summed E-state index contributed by atoms with van der Waals surface area (Å²) in [5.74, 6) is -0.777. The molecule has 0 spiro atoms. The average Bonchev–Trinajstić information content (AvgIpc) is 2.71. The topological polar surface area (TPSA) is 52.6 Å². The number of carboxylic acids is 1. The zero-order chi connectivity index (χ0) is 13.1. The lowest BCUT2D eigenvalue weighted by molar-refractivity contribution is -0.137. The van der Waals surface area contributed by atoms with Crippen molar-refractivity contribution in [2.45, 2.75) is 25.3 Å². The molecule has 1 aromatic carbocycles. The van der Waals surface area contributed by atoms with Gasteiger partial charge in [0, 0.05) is 12.1 Å². The van der Waals surface area contributed by atoms with Gasteiger partial charge in [0.2, 0.25) is 0 Å². The second-order valence-electron chi connectivity index (χ2n) is 5.14. The highest BCUT2D eigenvalue weighted by Gasteiger charge is 2.26. The molecule has 0 fully saturated rings. The molecule has 1 aliphatic heterocycles. The SMILES string of the molecule is CN(C)CCCc1ccc2c(c1)CC(C(=O)O)N2. The number of rotatable bonds is 5. The Morgan fingerprint density at radius 3 is 2.94 bits per heavy atom. The van der Waals surface area contributed by atoms with E-state index in [1.54, 1.807) is 0 Å². The van der Waals surface area contributed by atoms with Crippen molar-refractivity contribution >= 4 is 11.7 Å². The number of anilines is 1. The number of nitrogens with zero attached hydrogens (tertiary/aromatic N) is 1. The smallest absolute Gasteiger partial charge is 0.326 e. The Labute approximate surface area is 108 Å². The number of aryl methyl sites for hydroxylation is 1. The predicted molar refractivity (Wildman–Crippen MR) is 72.1 cm³/mol. The molecule has 2 N–H and O–H groups in total. The fourth-order valence-corrected chi connectivity index (χ4v) is 2.32. The van der Waals surface area contributed by atoms with Gasteiger partial charge in [0.05, 0.1) is 0 Å². The van der Waals surface area contributed by atoms with Crippen LogP contribution in [0.5, 0.6) is 0 Å². The minimum atomic E-state index is -0.777. The van der Waals surface area contributed by atoms with E-state index in [-0.39, 0.29) is 0 Å². The lowest BCUT2D eigenvalue weighted by Crippen LogP contribution is -2.26. The molecule has 0 bridgehead atoms. The largest absolute Gasteiger partial charge is 0.480 e. The number of fused-ring (bicyclic) bond motifs is 1. The van der Waals surface area contributed by atoms with E-state index in [0.29, 0.717) is 6.42 Å². The summed E-state index contributed by atoms with van der Waals surface area (Å²) in [6, 6.07) is 5.77. The van der Waals surface area contributed by atoms with Gasteiger partial charge in [0.1, 0.15) is 6.04 Å². The Morgan fingerprint density at radius 2 is 2.28 bits per heavy atom. The highest BCUT2D eigenvalue weighted by molar-refractivity contribution is 5.81. The minimum Gasteiger partial charge on any atom is -0.480 e. The third-order valence-corrected chi connectivity index (χ3v) is 3.29. The summed E-state index contributed by atoms with van der Waals surface area (Å²) in [5, 5.41) is 12.0. The molecule has 0 saturated heterocycles. The molecule has 1 heterocycles. The van der Waals surface area contributed by atoms with E-state index in [2.05, 4.69) is 36.4 Å². The first-order valence-electron chi connectivity index (χ1n) is 6.32. The summed E-state index contributed by atoms with van der Waals surface area (Å²) in [4.78, 5) is 13.1. The highest BCUT2D eigenvalue weighted by Crippen LogP contribution is 2.27. The molecule has 18 heavy (non-hydrogen) atoms. The molecule has 4 heteroatoms. The van der Waals surface area contributed by atoms with Crippen molar-refractivity contribution in [1.29, 1.82) is 0 Å². The maximum atomic E-state index is 10.9. The molecule has 1 aliphatic rings. The number of carbonyl (C=O) groups is 1. The molecule has 0 aromatic heterocycles. The Bertz CT molecular complexity index is 443. The van der Waals surface area contributed by atoms with Crippen LogP contribution >= 0.6 is 0 Å². The van der Waals surface area contributed by atoms with E-state index in [0.717, 1.165) is 30.6 Å². The molecular weight excluding hydrogens is 228 g/mol. The van der Waals surface area contributed by atoms with Crippen molar-refractivity contribution < 1.29 is 9.90 Å². The fraction of sp³-hybridized carbons (Fsp3) is 0.500. The van der Waals surface area contributed by atoms with Crippen LogP contribution in [-0.4, -0.2) is 42.7 Å². The molecular formula is C14H20N2O2. The van der Waals surface area contributed by atoms with Crippen LogP contribution in [0.2, 0.25) is 0 Å². The van der Waals surface area contributed by atoms with E-state index >= 15 is 0 Å². The van der Waals surface area contributed by atoms with Gasteiger partial charge in [-0.25, -0.2) is 4.79 Å². The van der Waals surface area contributed by atoms with E-state index in [9.17, 15) is 4.79 Å². The second-order valence-corrected chi connectivity index (χ2v) is 5.14. The Hall–Kier alpha value is -1.55. The van der Waals surface area contributed by atoms with Gasteiger partial charge in [-0.2, -0.15) is 0 Å². The van der Waals surface area contributed by atoms with Crippen LogP contribution in [0.15, 0.2) is 18.2 Å². The monoisotopic (exact) mass is 248 g/mol. The molecule has 0 aliphatic carbocycles. The standard InChI is InChI=1S/C14H20N2O2/c1-16(2)7-3-4-10-5-6-12-11(8-10)9-13(15-12)14(17)18/h5-6,8,13,15H,3-4,7,9H2,1-2H3,(H,17,18). The zero-order valence-electron chi connectivity index (χ0n) is 10.9. The first-order valence-corrected chi connectivity index (χ1v) is 6.32. The molecule has 2 rings (SSSR count). The minimum absolute atomic E-state index is 0.461. The maximum Gasteiger partial charge on any atom is 0.326 e. The van der Waals surface area contributed by atoms with Crippen LogP contribution in [0.4, 0.5) is 5.69 Å². The summed E-state index contributed by atoms with van der Waals surface area (Å²) in [6.07, 6.45) is 2.76. The van der Waals surface area contributed by atoms with Gasteiger partial charge in [-0.15, -0.1) is 0 Å². The van der Waals surface area contributed by atoms with E-state index < -0.39 is 12.0 Å². The molecule has 1 aromatic rings. The molecule has 1 unspecified atom stereocenters. The first-order chi connectivity index (χ1) is 8.56. The molecule has 0 amide bonds.